The molecule has 0 radical (unpaired) electrons. The van der Waals surface area contributed by atoms with Crippen LogP contribution in [0.3, 0.4) is 0 Å². The average Bonchev–Trinajstić information content (AvgIpc) is 2.45. The molecule has 20 heavy (non-hydrogen) atoms. The van der Waals surface area contributed by atoms with E-state index in [1.807, 2.05) is 0 Å². The summed E-state index contributed by atoms with van der Waals surface area (Å²) in [5, 5.41) is 0. The normalized spacial score (nSPS) is 25.2. The first kappa shape index (κ1) is 15.8. The SMILES string of the molecule is CCCc1ccc(OC2CC(Br)C2OCCOC)cc1. The molecule has 2 rings (SSSR count). The third kappa shape index (κ3) is 4.21. The van der Waals surface area contributed by atoms with Crippen LogP contribution in [-0.4, -0.2) is 37.4 Å². The molecule has 0 heterocycles. The molecule has 0 spiro atoms. The summed E-state index contributed by atoms with van der Waals surface area (Å²) in [7, 11) is 1.68. The van der Waals surface area contributed by atoms with E-state index < -0.39 is 0 Å². The number of hydrogen-bond acceptors (Lipinski definition) is 3. The Bertz CT molecular complexity index is 393. The fourth-order valence-electron chi connectivity index (χ4n) is 2.32. The quantitative estimate of drug-likeness (QED) is 0.533. The van der Waals surface area contributed by atoms with Crippen molar-refractivity contribution in [2.24, 2.45) is 0 Å². The Morgan fingerprint density at radius 3 is 2.55 bits per heavy atom. The Morgan fingerprint density at radius 1 is 1.20 bits per heavy atom. The number of benzene rings is 1. The molecule has 1 aromatic carbocycles. The van der Waals surface area contributed by atoms with E-state index in [0.717, 1.165) is 18.6 Å². The fourth-order valence-corrected chi connectivity index (χ4v) is 3.18. The Morgan fingerprint density at radius 2 is 1.95 bits per heavy atom. The van der Waals surface area contributed by atoms with Crippen LogP contribution in [0.2, 0.25) is 0 Å². The van der Waals surface area contributed by atoms with Gasteiger partial charge in [0.05, 0.1) is 13.2 Å². The van der Waals surface area contributed by atoms with E-state index in [4.69, 9.17) is 14.2 Å². The minimum Gasteiger partial charge on any atom is -0.488 e. The molecule has 3 nitrogen and oxygen atoms in total. The van der Waals surface area contributed by atoms with Crippen molar-refractivity contribution in [2.45, 2.75) is 43.2 Å². The van der Waals surface area contributed by atoms with Gasteiger partial charge in [-0.2, -0.15) is 0 Å². The maximum Gasteiger partial charge on any atom is 0.127 e. The summed E-state index contributed by atoms with van der Waals surface area (Å²) in [5.74, 6) is 0.926. The molecule has 0 bridgehead atoms. The summed E-state index contributed by atoms with van der Waals surface area (Å²) in [4.78, 5) is 0.378. The first-order valence-corrected chi connectivity index (χ1v) is 8.16. The predicted octanol–water partition coefficient (Wildman–Crippen LogP) is 3.59. The molecule has 1 aliphatic carbocycles. The maximum absolute atomic E-state index is 6.00. The van der Waals surface area contributed by atoms with Crippen LogP contribution in [0.5, 0.6) is 5.75 Å². The van der Waals surface area contributed by atoms with Gasteiger partial charge in [0.1, 0.15) is 18.0 Å². The standard InChI is InChI=1S/C16H23BrO3/c1-3-4-12-5-7-13(8-6-12)20-15-11-14(17)16(15)19-10-9-18-2/h5-8,14-16H,3-4,9-11H2,1-2H3. The molecule has 0 aliphatic heterocycles. The summed E-state index contributed by atoms with van der Waals surface area (Å²) in [6, 6.07) is 8.39. The van der Waals surface area contributed by atoms with Crippen molar-refractivity contribution in [3.63, 3.8) is 0 Å². The summed E-state index contributed by atoms with van der Waals surface area (Å²) in [6.45, 7) is 3.42. The number of aryl methyl sites for hydroxylation is 1. The van der Waals surface area contributed by atoms with Gasteiger partial charge in [-0.15, -0.1) is 0 Å². The topological polar surface area (TPSA) is 27.7 Å². The molecule has 112 valence electrons. The monoisotopic (exact) mass is 342 g/mol. The van der Waals surface area contributed by atoms with Crippen LogP contribution in [0.1, 0.15) is 25.3 Å². The van der Waals surface area contributed by atoms with Crippen molar-refractivity contribution in [3.05, 3.63) is 29.8 Å². The van der Waals surface area contributed by atoms with E-state index in [1.54, 1.807) is 7.11 Å². The summed E-state index contributed by atoms with van der Waals surface area (Å²) < 4.78 is 16.8. The zero-order chi connectivity index (χ0) is 14.4. The maximum atomic E-state index is 6.00. The molecule has 0 amide bonds. The van der Waals surface area contributed by atoms with Gasteiger partial charge < -0.3 is 14.2 Å². The van der Waals surface area contributed by atoms with Gasteiger partial charge in [0.2, 0.25) is 0 Å². The molecule has 3 atom stereocenters. The van der Waals surface area contributed by atoms with Crippen LogP contribution in [0.25, 0.3) is 0 Å². The molecule has 4 heteroatoms. The van der Waals surface area contributed by atoms with Crippen molar-refractivity contribution in [3.8, 4) is 5.75 Å². The van der Waals surface area contributed by atoms with Gasteiger partial charge >= 0.3 is 0 Å². The number of methoxy groups -OCH3 is 1. The van der Waals surface area contributed by atoms with Crippen LogP contribution in [0, 0.1) is 0 Å². The highest BCUT2D eigenvalue weighted by Crippen LogP contribution is 2.34. The lowest BCUT2D eigenvalue weighted by Gasteiger charge is -2.40. The number of rotatable bonds is 8. The lowest BCUT2D eigenvalue weighted by atomic mass is 9.91. The van der Waals surface area contributed by atoms with Crippen molar-refractivity contribution < 1.29 is 14.2 Å². The summed E-state index contributed by atoms with van der Waals surface area (Å²) in [5.41, 5.74) is 1.36. The second-order valence-corrected chi connectivity index (χ2v) is 6.31. The number of alkyl halides is 1. The fraction of sp³-hybridized carbons (Fsp3) is 0.625. The van der Waals surface area contributed by atoms with E-state index in [0.29, 0.717) is 18.0 Å². The molecule has 1 fully saturated rings. The lowest BCUT2D eigenvalue weighted by molar-refractivity contribution is -0.0865. The average molecular weight is 343 g/mol. The van der Waals surface area contributed by atoms with E-state index >= 15 is 0 Å². The van der Waals surface area contributed by atoms with Crippen LogP contribution < -0.4 is 4.74 Å². The zero-order valence-corrected chi connectivity index (χ0v) is 13.8. The highest BCUT2D eigenvalue weighted by atomic mass is 79.9. The van der Waals surface area contributed by atoms with Crippen LogP contribution in [0.15, 0.2) is 24.3 Å². The second kappa shape index (κ2) is 8.01. The lowest BCUT2D eigenvalue weighted by Crippen LogP contribution is -2.52. The largest absolute Gasteiger partial charge is 0.488 e. The Hall–Kier alpha value is -0.580. The van der Waals surface area contributed by atoms with Crippen molar-refractivity contribution >= 4 is 15.9 Å². The van der Waals surface area contributed by atoms with Crippen molar-refractivity contribution in [1.29, 1.82) is 0 Å². The first-order chi connectivity index (χ1) is 9.74. The molecule has 1 aliphatic rings. The second-order valence-electron chi connectivity index (χ2n) is 5.13. The van der Waals surface area contributed by atoms with Gasteiger partial charge in [-0.3, -0.25) is 0 Å². The summed E-state index contributed by atoms with van der Waals surface area (Å²) >= 11 is 3.62. The Kier molecular flexibility index (Phi) is 6.33. The van der Waals surface area contributed by atoms with E-state index in [9.17, 15) is 0 Å². The number of halogens is 1. The molecular weight excluding hydrogens is 320 g/mol. The van der Waals surface area contributed by atoms with Crippen molar-refractivity contribution in [2.75, 3.05) is 20.3 Å². The van der Waals surface area contributed by atoms with Gasteiger partial charge in [-0.1, -0.05) is 41.4 Å². The molecule has 1 aromatic rings. The van der Waals surface area contributed by atoms with Gasteiger partial charge in [0.15, 0.2) is 0 Å². The molecular formula is C16H23BrO3. The minimum absolute atomic E-state index is 0.112. The van der Waals surface area contributed by atoms with Gasteiger partial charge in [0, 0.05) is 18.4 Å². The smallest absolute Gasteiger partial charge is 0.127 e. The number of ether oxygens (including phenoxy) is 3. The van der Waals surface area contributed by atoms with Gasteiger partial charge in [0.25, 0.3) is 0 Å². The van der Waals surface area contributed by atoms with Gasteiger partial charge in [-0.25, -0.2) is 0 Å². The molecule has 3 unspecified atom stereocenters. The van der Waals surface area contributed by atoms with Crippen LogP contribution >= 0.6 is 15.9 Å². The third-order valence-corrected chi connectivity index (χ3v) is 4.42. The van der Waals surface area contributed by atoms with Gasteiger partial charge in [-0.05, 0) is 24.1 Å². The predicted molar refractivity (Wildman–Crippen MR) is 83.8 cm³/mol. The van der Waals surface area contributed by atoms with Crippen LogP contribution in [0.4, 0.5) is 0 Å². The highest BCUT2D eigenvalue weighted by Gasteiger charge is 2.42. The molecule has 0 aromatic heterocycles. The van der Waals surface area contributed by atoms with E-state index in [2.05, 4.69) is 47.1 Å². The number of hydrogen-bond donors (Lipinski definition) is 0. The molecule has 0 N–H and O–H groups in total. The minimum atomic E-state index is 0.112. The van der Waals surface area contributed by atoms with E-state index in [1.165, 1.54) is 12.0 Å². The van der Waals surface area contributed by atoms with Crippen molar-refractivity contribution in [1.82, 2.24) is 0 Å². The first-order valence-electron chi connectivity index (χ1n) is 7.24. The summed E-state index contributed by atoms with van der Waals surface area (Å²) in [6.07, 6.45) is 3.52. The Labute approximate surface area is 129 Å². The molecule has 1 saturated carbocycles. The Balaban J connectivity index is 1.82. The van der Waals surface area contributed by atoms with E-state index in [-0.39, 0.29) is 12.2 Å². The highest BCUT2D eigenvalue weighted by molar-refractivity contribution is 9.09. The third-order valence-electron chi connectivity index (χ3n) is 3.53. The zero-order valence-electron chi connectivity index (χ0n) is 12.2. The van der Waals surface area contributed by atoms with Crippen LogP contribution in [-0.2, 0) is 15.9 Å². The molecule has 0 saturated heterocycles.